The Hall–Kier alpha value is -3.08. The zero-order valence-corrected chi connectivity index (χ0v) is 13.6. The normalized spacial score (nSPS) is 10.6. The van der Waals surface area contributed by atoms with Gasteiger partial charge >= 0.3 is 0 Å². The predicted octanol–water partition coefficient (Wildman–Crippen LogP) is 3.19. The number of aromatic hydroxyl groups is 1. The minimum atomic E-state index is -0.230. The Kier molecular flexibility index (Phi) is 4.33. The van der Waals surface area contributed by atoms with Crippen LogP contribution in [0.5, 0.6) is 11.6 Å². The Morgan fingerprint density at radius 2 is 1.79 bits per heavy atom. The first kappa shape index (κ1) is 15.8. The highest BCUT2D eigenvalue weighted by Gasteiger charge is 2.22. The van der Waals surface area contributed by atoms with Crippen LogP contribution in [-0.2, 0) is 6.54 Å². The molecule has 0 saturated carbocycles. The number of hydrogen-bond acceptors (Lipinski definition) is 4. The first-order valence-corrected chi connectivity index (χ1v) is 7.59. The predicted molar refractivity (Wildman–Crippen MR) is 90.6 cm³/mol. The summed E-state index contributed by atoms with van der Waals surface area (Å²) in [6.07, 6.45) is 0. The second-order valence-electron chi connectivity index (χ2n) is 5.48. The molecule has 1 heterocycles. The highest BCUT2D eigenvalue weighted by molar-refractivity contribution is 6.11. The number of carbonyl (C=O) groups excluding carboxylic acids is 1. The Labute approximate surface area is 140 Å². The lowest BCUT2D eigenvalue weighted by Crippen LogP contribution is -2.03. The number of aromatic nitrogens is 2. The molecule has 0 saturated heterocycles. The van der Waals surface area contributed by atoms with Gasteiger partial charge in [0, 0.05) is 5.56 Å². The van der Waals surface area contributed by atoms with E-state index in [0.29, 0.717) is 17.8 Å². The number of benzene rings is 2. The van der Waals surface area contributed by atoms with E-state index in [1.54, 1.807) is 38.3 Å². The summed E-state index contributed by atoms with van der Waals surface area (Å²) in [7, 11) is 1.61. The third-order valence-electron chi connectivity index (χ3n) is 3.86. The van der Waals surface area contributed by atoms with Crippen molar-refractivity contribution in [1.29, 1.82) is 0 Å². The topological polar surface area (TPSA) is 64.4 Å². The highest BCUT2D eigenvalue weighted by atomic mass is 16.5. The van der Waals surface area contributed by atoms with Crippen LogP contribution in [0.1, 0.15) is 27.2 Å². The molecule has 0 aliphatic heterocycles. The summed E-state index contributed by atoms with van der Waals surface area (Å²) < 4.78 is 6.57. The van der Waals surface area contributed by atoms with E-state index in [0.717, 1.165) is 11.3 Å². The fourth-order valence-electron chi connectivity index (χ4n) is 2.58. The summed E-state index contributed by atoms with van der Waals surface area (Å²) in [5.74, 6) is 0.420. The van der Waals surface area contributed by atoms with Crippen molar-refractivity contribution in [3.63, 3.8) is 0 Å². The van der Waals surface area contributed by atoms with Crippen LogP contribution in [0.15, 0.2) is 54.6 Å². The van der Waals surface area contributed by atoms with Gasteiger partial charge in [-0.05, 0) is 24.6 Å². The molecular formula is C19H18N2O3. The van der Waals surface area contributed by atoms with Gasteiger partial charge in [-0.3, -0.25) is 4.79 Å². The minimum absolute atomic E-state index is 0.114. The Morgan fingerprint density at radius 3 is 2.42 bits per heavy atom. The fourth-order valence-corrected chi connectivity index (χ4v) is 2.58. The lowest BCUT2D eigenvalue weighted by molar-refractivity contribution is 0.103. The van der Waals surface area contributed by atoms with Crippen molar-refractivity contribution in [3.05, 3.63) is 77.0 Å². The van der Waals surface area contributed by atoms with Gasteiger partial charge in [-0.2, -0.15) is 5.10 Å². The van der Waals surface area contributed by atoms with Crippen molar-refractivity contribution >= 4 is 5.78 Å². The van der Waals surface area contributed by atoms with Gasteiger partial charge in [-0.1, -0.05) is 42.5 Å². The second-order valence-corrected chi connectivity index (χ2v) is 5.48. The monoisotopic (exact) mass is 322 g/mol. The van der Waals surface area contributed by atoms with Gasteiger partial charge in [-0.15, -0.1) is 0 Å². The van der Waals surface area contributed by atoms with Crippen molar-refractivity contribution in [2.45, 2.75) is 13.5 Å². The standard InChI is InChI=1S/C19H18N2O3/c1-13-17(18(22)15-6-4-3-5-7-15)19(23)21(20-13)12-14-8-10-16(24-2)11-9-14/h3-11,23H,12H2,1-2H3. The molecule has 122 valence electrons. The van der Waals surface area contributed by atoms with Crippen molar-refractivity contribution in [2.75, 3.05) is 7.11 Å². The fraction of sp³-hybridized carbons (Fsp3) is 0.158. The van der Waals surface area contributed by atoms with Crippen LogP contribution >= 0.6 is 0 Å². The number of aryl methyl sites for hydroxylation is 1. The van der Waals surface area contributed by atoms with E-state index in [1.807, 2.05) is 30.3 Å². The van der Waals surface area contributed by atoms with Gasteiger partial charge in [0.05, 0.1) is 19.3 Å². The molecule has 0 amide bonds. The maximum Gasteiger partial charge on any atom is 0.221 e. The molecule has 1 aromatic heterocycles. The van der Waals surface area contributed by atoms with Crippen LogP contribution in [0.4, 0.5) is 0 Å². The van der Waals surface area contributed by atoms with Crippen LogP contribution in [0.3, 0.4) is 0 Å². The Morgan fingerprint density at radius 1 is 1.12 bits per heavy atom. The molecule has 3 aromatic rings. The summed E-state index contributed by atoms with van der Waals surface area (Å²) >= 11 is 0. The molecule has 0 spiro atoms. The minimum Gasteiger partial charge on any atom is -0.497 e. The van der Waals surface area contributed by atoms with E-state index in [-0.39, 0.29) is 17.2 Å². The van der Waals surface area contributed by atoms with Crippen LogP contribution in [0.25, 0.3) is 0 Å². The van der Waals surface area contributed by atoms with Crippen molar-refractivity contribution in [1.82, 2.24) is 9.78 Å². The Balaban J connectivity index is 1.90. The van der Waals surface area contributed by atoms with Crippen LogP contribution in [0, 0.1) is 6.92 Å². The number of hydrogen-bond donors (Lipinski definition) is 1. The summed E-state index contributed by atoms with van der Waals surface area (Å²) in [4.78, 5) is 12.6. The van der Waals surface area contributed by atoms with E-state index in [4.69, 9.17) is 4.74 Å². The van der Waals surface area contributed by atoms with E-state index in [1.165, 1.54) is 4.68 Å². The molecule has 24 heavy (non-hydrogen) atoms. The van der Waals surface area contributed by atoms with Crippen molar-refractivity contribution in [2.24, 2.45) is 0 Å². The molecule has 0 atom stereocenters. The van der Waals surface area contributed by atoms with Crippen LogP contribution in [0.2, 0.25) is 0 Å². The van der Waals surface area contributed by atoms with Crippen molar-refractivity contribution < 1.29 is 14.6 Å². The van der Waals surface area contributed by atoms with Gasteiger partial charge in [0.25, 0.3) is 0 Å². The molecule has 5 heteroatoms. The summed E-state index contributed by atoms with van der Waals surface area (Å²) in [6.45, 7) is 2.10. The molecule has 0 bridgehead atoms. The molecular weight excluding hydrogens is 304 g/mol. The van der Waals surface area contributed by atoms with Gasteiger partial charge in [-0.25, -0.2) is 4.68 Å². The lowest BCUT2D eigenvalue weighted by Gasteiger charge is -2.05. The molecule has 0 aliphatic rings. The number of ether oxygens (including phenoxy) is 1. The van der Waals surface area contributed by atoms with Crippen LogP contribution in [-0.4, -0.2) is 27.8 Å². The second kappa shape index (κ2) is 6.58. The average Bonchev–Trinajstić information content (AvgIpc) is 2.89. The lowest BCUT2D eigenvalue weighted by atomic mass is 10.0. The molecule has 5 nitrogen and oxygen atoms in total. The number of methoxy groups -OCH3 is 1. The SMILES string of the molecule is COc1ccc(Cn2nc(C)c(C(=O)c3ccccc3)c2O)cc1. The average molecular weight is 322 g/mol. The highest BCUT2D eigenvalue weighted by Crippen LogP contribution is 2.25. The maximum atomic E-state index is 12.6. The third-order valence-corrected chi connectivity index (χ3v) is 3.86. The molecule has 0 unspecified atom stereocenters. The molecule has 0 fully saturated rings. The zero-order chi connectivity index (χ0) is 17.1. The van der Waals surface area contributed by atoms with E-state index >= 15 is 0 Å². The van der Waals surface area contributed by atoms with Gasteiger partial charge in [0.15, 0.2) is 5.78 Å². The van der Waals surface area contributed by atoms with Crippen LogP contribution < -0.4 is 4.74 Å². The Bertz CT molecular complexity index is 852. The first-order chi connectivity index (χ1) is 11.6. The molecule has 0 aliphatic carbocycles. The smallest absolute Gasteiger partial charge is 0.221 e. The van der Waals surface area contributed by atoms with Crippen molar-refractivity contribution in [3.8, 4) is 11.6 Å². The van der Waals surface area contributed by atoms with E-state index in [2.05, 4.69) is 5.10 Å². The number of carbonyl (C=O) groups is 1. The van der Waals surface area contributed by atoms with E-state index < -0.39 is 0 Å². The van der Waals surface area contributed by atoms with Gasteiger partial charge in [0.2, 0.25) is 5.88 Å². The zero-order valence-electron chi connectivity index (χ0n) is 13.6. The van der Waals surface area contributed by atoms with E-state index in [9.17, 15) is 9.90 Å². The molecule has 3 rings (SSSR count). The van der Waals surface area contributed by atoms with Gasteiger partial charge < -0.3 is 9.84 Å². The van der Waals surface area contributed by atoms with Gasteiger partial charge in [0.1, 0.15) is 11.3 Å². The molecule has 2 aromatic carbocycles. The number of ketones is 1. The first-order valence-electron chi connectivity index (χ1n) is 7.59. The largest absolute Gasteiger partial charge is 0.497 e. The molecule has 1 N–H and O–H groups in total. The number of nitrogens with zero attached hydrogens (tertiary/aromatic N) is 2. The summed E-state index contributed by atoms with van der Waals surface area (Å²) in [6, 6.07) is 16.4. The molecule has 0 radical (unpaired) electrons. The quantitative estimate of drug-likeness (QED) is 0.733. The third kappa shape index (κ3) is 3.01. The maximum absolute atomic E-state index is 12.6. The number of rotatable bonds is 5. The summed E-state index contributed by atoms with van der Waals surface area (Å²) in [5, 5.41) is 14.8. The summed E-state index contributed by atoms with van der Waals surface area (Å²) in [5.41, 5.74) is 2.23.